The summed E-state index contributed by atoms with van der Waals surface area (Å²) in [6.45, 7) is 69.1. The van der Waals surface area contributed by atoms with Gasteiger partial charge >= 0.3 is 0 Å². The van der Waals surface area contributed by atoms with Crippen LogP contribution >= 0.6 is 0 Å². The minimum Gasteiger partial charge on any atom is -0.298 e. The van der Waals surface area contributed by atoms with Crippen LogP contribution in [-0.2, 0) is 0 Å². The maximum Gasteiger partial charge on any atom is 0.0128 e. The van der Waals surface area contributed by atoms with Crippen molar-refractivity contribution in [3.8, 4) is 0 Å². The van der Waals surface area contributed by atoms with Crippen LogP contribution < -0.4 is 0 Å². The Morgan fingerprint density at radius 3 is 0.861 bits per heavy atom. The monoisotopic (exact) mass is 1410 g/mol. The van der Waals surface area contributed by atoms with E-state index in [0.717, 1.165) is 101 Å². The molecule has 0 aromatic carbocycles. The fourth-order valence-electron chi connectivity index (χ4n) is 25.0. The molecule has 7 heteroatoms. The van der Waals surface area contributed by atoms with Crippen molar-refractivity contribution in [3.05, 3.63) is 0 Å². The van der Waals surface area contributed by atoms with Crippen molar-refractivity contribution in [2.24, 2.45) is 76.4 Å². The van der Waals surface area contributed by atoms with Gasteiger partial charge in [0.1, 0.15) is 0 Å². The Balaban J connectivity index is 0.000000135. The van der Waals surface area contributed by atoms with E-state index in [9.17, 15) is 0 Å². The molecular weight excluding hydrogens is 1230 g/mol. The lowest BCUT2D eigenvalue weighted by Crippen LogP contribution is -2.56. The Morgan fingerprint density at radius 2 is 0.475 bits per heavy atom. The SMILES string of the molecule is CC(C)(C)C1C2CCCC1CC2.CC(C)(C)N1CC2CCC1C2.CC(C)(C)N1CC2CCC1CC2.CC(C)(C)N1CC2CCC1CC2.CC(C)(C)N1CC2CCCC(CC2)C1.CC(C)(C)N1CCC2CCC1CC2.CC(C)(C)N1CCC2CCCC(C2)C1.CC(C)(C)N1CCC2CCCC1C2. The summed E-state index contributed by atoms with van der Waals surface area (Å²) in [5.74, 6) is 12.5. The Hall–Kier alpha value is -0.280. The second-order valence-electron chi connectivity index (χ2n) is 46.4. The van der Waals surface area contributed by atoms with Crippen LogP contribution in [0.4, 0.5) is 0 Å². The predicted molar refractivity (Wildman–Crippen MR) is 441 cm³/mol. The standard InChI is InChI=1S/2C13H25N.2C12H23N.C12H22.2C11H21N.C10H19N/c1-13(2,3)14-8-7-11-5-4-6-12(9-11)10-14;1-13(2,3)14-9-11-5-4-6-12(10-14)8-7-11;1-12(2,3)13-9-8-10-4-6-11(13)7-5-10;1-12(2,3)13-8-7-10-5-4-6-11(13)9-10;1-12(2,3)11-9-5-4-6-10(11)8-7-9;2*1-11(2,3)12-8-9-4-6-10(12)7-5-9;1-10(2,3)11-7-8-4-5-9(11)6-8/h2*11-12H,4-10H2,1-3H3;2*10-11H,4-9H2,1-3H3;9-11H,4-8H2,1-3H3;2*9-10H,4-8H2,1-3H3;8-9H,4-7H2,1-3H3. The lowest BCUT2D eigenvalue weighted by Gasteiger charge is -2.51. The Kier molecular flexibility index (Phi) is 30.0. The summed E-state index contributed by atoms with van der Waals surface area (Å²) in [6, 6.07) is 4.57. The second kappa shape index (κ2) is 35.8. The highest BCUT2D eigenvalue weighted by Gasteiger charge is 2.47. The fraction of sp³-hybridized carbons (Fsp3) is 1.00. The van der Waals surface area contributed by atoms with Gasteiger partial charge in [-0.1, -0.05) is 72.1 Å². The first-order valence-electron chi connectivity index (χ1n) is 45.4. The zero-order valence-corrected chi connectivity index (χ0v) is 72.8. The van der Waals surface area contributed by atoms with E-state index in [4.69, 9.17) is 0 Å². The Labute approximate surface area is 632 Å². The second-order valence-corrected chi connectivity index (χ2v) is 46.4. The van der Waals surface area contributed by atoms with E-state index in [-0.39, 0.29) is 0 Å². The van der Waals surface area contributed by atoms with Crippen molar-refractivity contribution in [2.75, 3.05) is 58.9 Å². The van der Waals surface area contributed by atoms with Crippen LogP contribution in [0.1, 0.15) is 397 Å². The van der Waals surface area contributed by atoms with Gasteiger partial charge in [0.2, 0.25) is 0 Å². The first kappa shape index (κ1) is 84.7. The molecule has 9 aliphatic carbocycles. The molecule has 9 saturated carbocycles. The van der Waals surface area contributed by atoms with Crippen molar-refractivity contribution in [1.82, 2.24) is 34.3 Å². The van der Waals surface area contributed by atoms with Crippen molar-refractivity contribution < 1.29 is 0 Å². The van der Waals surface area contributed by atoms with Crippen molar-refractivity contribution in [2.45, 2.75) is 466 Å². The molecule has 19 fully saturated rings. The highest BCUT2D eigenvalue weighted by Crippen LogP contribution is 2.54. The lowest BCUT2D eigenvalue weighted by atomic mass is 9.66. The van der Waals surface area contributed by atoms with Crippen LogP contribution in [0.2, 0.25) is 0 Å². The fourth-order valence-corrected chi connectivity index (χ4v) is 25.0. The minimum atomic E-state index is 0.386. The lowest BCUT2D eigenvalue weighted by molar-refractivity contribution is -0.0163. The molecule has 19 rings (SSSR count). The molecule has 0 aromatic rings. The molecule has 0 radical (unpaired) electrons. The van der Waals surface area contributed by atoms with Crippen LogP contribution in [0.15, 0.2) is 0 Å². The van der Waals surface area contributed by atoms with Crippen LogP contribution in [-0.4, -0.2) is 162 Å². The van der Waals surface area contributed by atoms with E-state index in [1.807, 2.05) is 0 Å². The smallest absolute Gasteiger partial charge is 0.0128 e. The third-order valence-corrected chi connectivity index (χ3v) is 30.5. The highest BCUT2D eigenvalue weighted by molar-refractivity contribution is 5.00. The number of piperidine rings is 6. The van der Waals surface area contributed by atoms with E-state index >= 15 is 0 Å². The van der Waals surface area contributed by atoms with Crippen molar-refractivity contribution >= 4 is 0 Å². The average molecular weight is 1410 g/mol. The molecule has 0 aromatic heterocycles. The molecule has 0 N–H and O–H groups in total. The molecule has 19 aliphatic rings. The van der Waals surface area contributed by atoms with Gasteiger partial charge in [-0.05, 0) is 421 Å². The Bertz CT molecular complexity index is 2290. The summed E-state index contributed by atoms with van der Waals surface area (Å²) in [7, 11) is 0. The number of hydrogen-bond donors (Lipinski definition) is 0. The number of likely N-dealkylation sites (tertiary alicyclic amines) is 4. The zero-order valence-electron chi connectivity index (χ0n) is 72.8. The normalized spacial score (nSPS) is 37.1. The maximum atomic E-state index is 2.75. The third-order valence-electron chi connectivity index (χ3n) is 30.5. The van der Waals surface area contributed by atoms with Gasteiger partial charge in [-0.3, -0.25) is 34.3 Å². The van der Waals surface area contributed by atoms with Crippen LogP contribution in [0, 0.1) is 76.4 Å². The highest BCUT2D eigenvalue weighted by atomic mass is 15.3. The van der Waals surface area contributed by atoms with E-state index < -0.39 is 0 Å². The molecule has 10 atom stereocenters. The molecular formula is C94H179N7. The van der Waals surface area contributed by atoms with Crippen LogP contribution in [0.5, 0.6) is 0 Å². The van der Waals surface area contributed by atoms with Gasteiger partial charge in [0.15, 0.2) is 0 Å². The van der Waals surface area contributed by atoms with Crippen molar-refractivity contribution in [3.63, 3.8) is 0 Å². The summed E-state index contributed by atoms with van der Waals surface area (Å²) in [6.07, 6.45) is 53.6. The molecule has 10 aliphatic heterocycles. The van der Waals surface area contributed by atoms with Crippen LogP contribution in [0.25, 0.3) is 0 Å². The van der Waals surface area contributed by atoms with Gasteiger partial charge in [-0.2, -0.15) is 0 Å². The molecule has 101 heavy (non-hydrogen) atoms. The molecule has 0 amide bonds. The molecule has 590 valence electrons. The predicted octanol–water partition coefficient (Wildman–Crippen LogP) is 24.1. The van der Waals surface area contributed by atoms with Gasteiger partial charge in [-0.25, -0.2) is 0 Å². The van der Waals surface area contributed by atoms with Gasteiger partial charge in [0.05, 0.1) is 0 Å². The summed E-state index contributed by atoms with van der Waals surface area (Å²) >= 11 is 0. The number of hydrogen-bond acceptors (Lipinski definition) is 7. The average Bonchev–Trinajstić information content (AvgIpc) is 1.52. The van der Waals surface area contributed by atoms with Crippen molar-refractivity contribution in [1.29, 1.82) is 0 Å². The molecule has 10 unspecified atom stereocenters. The van der Waals surface area contributed by atoms with E-state index in [1.54, 1.807) is 0 Å². The van der Waals surface area contributed by atoms with Gasteiger partial charge in [-0.15, -0.1) is 0 Å². The summed E-state index contributed by atoms with van der Waals surface area (Å²) in [5.41, 5.74) is 3.37. The molecule has 16 bridgehead atoms. The number of rotatable bonds is 0. The quantitative estimate of drug-likeness (QED) is 0.238. The largest absolute Gasteiger partial charge is 0.298 e. The third kappa shape index (κ3) is 24.9. The number of nitrogens with zero attached hydrogens (tertiary/aromatic N) is 7. The van der Waals surface area contributed by atoms with E-state index in [1.165, 1.54) is 290 Å². The number of fused-ring (bicyclic) bond motifs is 21. The molecule has 10 heterocycles. The Morgan fingerprint density at radius 1 is 0.188 bits per heavy atom. The topological polar surface area (TPSA) is 22.7 Å². The summed E-state index contributed by atoms with van der Waals surface area (Å²) in [5, 5.41) is 0. The first-order valence-corrected chi connectivity index (χ1v) is 45.4. The zero-order chi connectivity index (χ0) is 73.7. The van der Waals surface area contributed by atoms with E-state index in [2.05, 4.69) is 200 Å². The first-order chi connectivity index (χ1) is 47.1. The van der Waals surface area contributed by atoms with Gasteiger partial charge in [0, 0.05) is 108 Å². The molecule has 0 spiro atoms. The summed E-state index contributed by atoms with van der Waals surface area (Å²) < 4.78 is 0. The van der Waals surface area contributed by atoms with E-state index in [0.29, 0.717) is 44.2 Å². The molecule has 10 saturated heterocycles. The minimum absolute atomic E-state index is 0.386. The molecule has 7 nitrogen and oxygen atoms in total. The maximum absolute atomic E-state index is 2.75. The van der Waals surface area contributed by atoms with Gasteiger partial charge in [0.25, 0.3) is 0 Å². The van der Waals surface area contributed by atoms with Gasteiger partial charge < -0.3 is 0 Å². The van der Waals surface area contributed by atoms with Crippen LogP contribution in [0.3, 0.4) is 0 Å². The summed E-state index contributed by atoms with van der Waals surface area (Å²) in [4.78, 5) is 19.1.